The Labute approximate surface area is 113 Å². The van der Waals surface area contributed by atoms with Gasteiger partial charge < -0.3 is 5.73 Å². The fraction of sp³-hybridized carbons (Fsp3) is 0.571. The van der Waals surface area contributed by atoms with Crippen molar-refractivity contribution >= 4 is 11.6 Å². The lowest BCUT2D eigenvalue weighted by atomic mass is 9.93. The zero-order valence-corrected chi connectivity index (χ0v) is 11.6. The van der Waals surface area contributed by atoms with E-state index >= 15 is 0 Å². The first-order chi connectivity index (χ1) is 8.54. The highest BCUT2D eigenvalue weighted by atomic mass is 35.5. The maximum absolute atomic E-state index is 14.1. The first kappa shape index (κ1) is 13.8. The Kier molecular flexibility index (Phi) is 4.25. The molecule has 2 rings (SSSR count). The molecule has 1 aromatic rings. The zero-order valence-electron chi connectivity index (χ0n) is 10.9. The molecular weight excluding hydrogens is 251 g/mol. The monoisotopic (exact) mass is 270 g/mol. The van der Waals surface area contributed by atoms with Crippen LogP contribution in [0.15, 0.2) is 18.2 Å². The van der Waals surface area contributed by atoms with E-state index in [-0.39, 0.29) is 11.9 Å². The molecule has 0 aliphatic carbocycles. The van der Waals surface area contributed by atoms with Gasteiger partial charge in [-0.05, 0) is 51.4 Å². The molecule has 4 heteroatoms. The summed E-state index contributed by atoms with van der Waals surface area (Å²) in [5, 5.41) is 0.439. The van der Waals surface area contributed by atoms with Crippen molar-refractivity contribution in [2.75, 3.05) is 13.1 Å². The third-order valence-corrected chi connectivity index (χ3v) is 4.04. The number of nitrogens with two attached hydrogens (primary N) is 1. The maximum Gasteiger partial charge on any atom is 0.129 e. The van der Waals surface area contributed by atoms with Crippen molar-refractivity contribution in [3.05, 3.63) is 34.6 Å². The van der Waals surface area contributed by atoms with Gasteiger partial charge in [0.25, 0.3) is 0 Å². The van der Waals surface area contributed by atoms with E-state index in [9.17, 15) is 4.39 Å². The van der Waals surface area contributed by atoms with Gasteiger partial charge in [-0.1, -0.05) is 17.7 Å². The molecule has 0 spiro atoms. The molecule has 1 fully saturated rings. The Morgan fingerprint density at radius 1 is 1.50 bits per heavy atom. The van der Waals surface area contributed by atoms with Crippen molar-refractivity contribution < 1.29 is 4.39 Å². The molecule has 1 aliphatic heterocycles. The summed E-state index contributed by atoms with van der Waals surface area (Å²) in [6.07, 6.45) is 1.03. The summed E-state index contributed by atoms with van der Waals surface area (Å²) < 4.78 is 14.1. The average Bonchev–Trinajstić information content (AvgIpc) is 2.72. The quantitative estimate of drug-likeness (QED) is 0.914. The van der Waals surface area contributed by atoms with Crippen molar-refractivity contribution in [3.63, 3.8) is 0 Å². The Hall–Kier alpha value is -0.640. The summed E-state index contributed by atoms with van der Waals surface area (Å²) in [6.45, 7) is 5.85. The minimum absolute atomic E-state index is 0.0762. The van der Waals surface area contributed by atoms with Gasteiger partial charge in [0.15, 0.2) is 0 Å². The van der Waals surface area contributed by atoms with Crippen LogP contribution in [0, 0.1) is 11.7 Å². The second-order valence-corrected chi connectivity index (χ2v) is 5.66. The van der Waals surface area contributed by atoms with Crippen molar-refractivity contribution in [1.82, 2.24) is 4.90 Å². The summed E-state index contributed by atoms with van der Waals surface area (Å²) >= 11 is 5.81. The summed E-state index contributed by atoms with van der Waals surface area (Å²) in [5.41, 5.74) is 6.55. The van der Waals surface area contributed by atoms with Crippen LogP contribution < -0.4 is 5.73 Å². The van der Waals surface area contributed by atoms with Crippen LogP contribution in [-0.2, 0) is 0 Å². The number of nitrogens with zero attached hydrogens (tertiary/aromatic N) is 1. The third-order valence-electron chi connectivity index (χ3n) is 3.81. The third kappa shape index (κ3) is 2.53. The summed E-state index contributed by atoms with van der Waals surface area (Å²) in [7, 11) is 0. The number of benzene rings is 1. The zero-order chi connectivity index (χ0) is 13.3. The van der Waals surface area contributed by atoms with E-state index in [0.717, 1.165) is 18.5 Å². The predicted molar refractivity (Wildman–Crippen MR) is 73.2 cm³/mol. The molecule has 100 valence electrons. The molecule has 0 aromatic heterocycles. The standard InChI is InChI=1S/C14H20ClFN2/c1-9(2)18-6-5-10(8-17)14(18)12-4-3-11(15)7-13(12)16/h3-4,7,9-10,14H,5-6,8,17H2,1-2H3. The lowest BCUT2D eigenvalue weighted by Crippen LogP contribution is -2.33. The van der Waals surface area contributed by atoms with Gasteiger partial charge in [0.05, 0.1) is 0 Å². The fourth-order valence-corrected chi connectivity index (χ4v) is 3.04. The van der Waals surface area contributed by atoms with E-state index in [2.05, 4.69) is 18.7 Å². The van der Waals surface area contributed by atoms with E-state index < -0.39 is 0 Å². The SMILES string of the molecule is CC(C)N1CCC(CN)C1c1ccc(Cl)cc1F. The molecule has 1 heterocycles. The summed E-state index contributed by atoms with van der Waals surface area (Å²) in [6, 6.07) is 5.41. The van der Waals surface area contributed by atoms with E-state index in [0.29, 0.717) is 23.5 Å². The van der Waals surface area contributed by atoms with Gasteiger partial charge in [-0.15, -0.1) is 0 Å². The fourth-order valence-electron chi connectivity index (χ4n) is 2.88. The van der Waals surface area contributed by atoms with Gasteiger partial charge in [0, 0.05) is 22.7 Å². The normalized spacial score (nSPS) is 25.0. The van der Waals surface area contributed by atoms with E-state index in [1.807, 2.05) is 0 Å². The molecule has 1 aromatic carbocycles. The summed E-state index contributed by atoms with van der Waals surface area (Å²) in [4.78, 5) is 2.32. The maximum atomic E-state index is 14.1. The Morgan fingerprint density at radius 2 is 2.22 bits per heavy atom. The molecular formula is C14H20ClFN2. The predicted octanol–water partition coefficient (Wildman–Crippen LogP) is 3.21. The second kappa shape index (κ2) is 5.55. The van der Waals surface area contributed by atoms with Crippen LogP contribution >= 0.6 is 11.6 Å². The first-order valence-corrected chi connectivity index (χ1v) is 6.83. The molecule has 0 saturated carbocycles. The van der Waals surface area contributed by atoms with Gasteiger partial charge in [0.2, 0.25) is 0 Å². The lowest BCUT2D eigenvalue weighted by molar-refractivity contribution is 0.181. The Morgan fingerprint density at radius 3 is 2.78 bits per heavy atom. The highest BCUT2D eigenvalue weighted by molar-refractivity contribution is 6.30. The minimum atomic E-state index is -0.224. The van der Waals surface area contributed by atoms with E-state index in [1.54, 1.807) is 12.1 Å². The number of hydrogen-bond donors (Lipinski definition) is 1. The van der Waals surface area contributed by atoms with Crippen LogP contribution in [0.4, 0.5) is 4.39 Å². The molecule has 2 N–H and O–H groups in total. The van der Waals surface area contributed by atoms with Crippen molar-refractivity contribution in [2.24, 2.45) is 11.7 Å². The molecule has 2 nitrogen and oxygen atoms in total. The first-order valence-electron chi connectivity index (χ1n) is 6.45. The Bertz CT molecular complexity index is 422. The van der Waals surface area contributed by atoms with Gasteiger partial charge in [-0.3, -0.25) is 4.90 Å². The topological polar surface area (TPSA) is 29.3 Å². The molecule has 1 aliphatic rings. The van der Waals surface area contributed by atoms with Gasteiger partial charge in [0.1, 0.15) is 5.82 Å². The second-order valence-electron chi connectivity index (χ2n) is 5.23. The molecule has 1 saturated heterocycles. The van der Waals surface area contributed by atoms with Crippen molar-refractivity contribution in [2.45, 2.75) is 32.4 Å². The van der Waals surface area contributed by atoms with Gasteiger partial charge >= 0.3 is 0 Å². The number of rotatable bonds is 3. The Balaban J connectivity index is 2.37. The molecule has 18 heavy (non-hydrogen) atoms. The molecule has 2 unspecified atom stereocenters. The van der Waals surface area contributed by atoms with E-state index in [1.165, 1.54) is 6.07 Å². The van der Waals surface area contributed by atoms with Crippen molar-refractivity contribution in [3.8, 4) is 0 Å². The average molecular weight is 271 g/mol. The molecule has 0 amide bonds. The van der Waals surface area contributed by atoms with Crippen LogP contribution in [0.3, 0.4) is 0 Å². The minimum Gasteiger partial charge on any atom is -0.330 e. The van der Waals surface area contributed by atoms with E-state index in [4.69, 9.17) is 17.3 Å². The number of halogens is 2. The molecule has 0 bridgehead atoms. The molecule has 2 atom stereocenters. The molecule has 0 radical (unpaired) electrons. The highest BCUT2D eigenvalue weighted by Crippen LogP contribution is 2.39. The van der Waals surface area contributed by atoms with Crippen LogP contribution in [-0.4, -0.2) is 24.0 Å². The van der Waals surface area contributed by atoms with Crippen molar-refractivity contribution in [1.29, 1.82) is 0 Å². The summed E-state index contributed by atoms with van der Waals surface area (Å²) in [5.74, 6) is 0.0987. The van der Waals surface area contributed by atoms with Crippen LogP contribution in [0.2, 0.25) is 5.02 Å². The number of hydrogen-bond acceptors (Lipinski definition) is 2. The van der Waals surface area contributed by atoms with Crippen LogP contribution in [0.5, 0.6) is 0 Å². The lowest BCUT2D eigenvalue weighted by Gasteiger charge is -2.31. The van der Waals surface area contributed by atoms with Crippen LogP contribution in [0.1, 0.15) is 31.9 Å². The number of likely N-dealkylation sites (tertiary alicyclic amines) is 1. The van der Waals surface area contributed by atoms with Gasteiger partial charge in [-0.2, -0.15) is 0 Å². The van der Waals surface area contributed by atoms with Gasteiger partial charge in [-0.25, -0.2) is 4.39 Å². The largest absolute Gasteiger partial charge is 0.330 e. The van der Waals surface area contributed by atoms with Crippen LogP contribution in [0.25, 0.3) is 0 Å². The highest BCUT2D eigenvalue weighted by Gasteiger charge is 2.37. The smallest absolute Gasteiger partial charge is 0.129 e.